The van der Waals surface area contributed by atoms with Gasteiger partial charge in [0.05, 0.1) is 13.0 Å². The summed E-state index contributed by atoms with van der Waals surface area (Å²) in [7, 11) is 0. The molecule has 1 aliphatic heterocycles. The van der Waals surface area contributed by atoms with Gasteiger partial charge in [-0.3, -0.25) is 9.59 Å². The minimum Gasteiger partial charge on any atom is -0.342 e. The molecule has 0 aliphatic carbocycles. The summed E-state index contributed by atoms with van der Waals surface area (Å²) >= 11 is 6.21. The van der Waals surface area contributed by atoms with Crippen LogP contribution in [-0.2, 0) is 17.8 Å². The third kappa shape index (κ3) is 4.59. The molecule has 8 nitrogen and oxygen atoms in total. The lowest BCUT2D eigenvalue weighted by molar-refractivity contribution is -0.131. The number of H-pyrrole nitrogens is 1. The summed E-state index contributed by atoms with van der Waals surface area (Å²) in [5.74, 6) is 0.746. The first-order valence-electron chi connectivity index (χ1n) is 11.4. The summed E-state index contributed by atoms with van der Waals surface area (Å²) in [5, 5.41) is 8.83. The average molecular weight is 477 g/mol. The Balaban J connectivity index is 1.31. The van der Waals surface area contributed by atoms with Gasteiger partial charge in [0.25, 0.3) is 5.56 Å². The molecule has 1 aliphatic rings. The van der Waals surface area contributed by atoms with Crippen LogP contribution < -0.4 is 5.56 Å². The monoisotopic (exact) mass is 476 g/mol. The summed E-state index contributed by atoms with van der Waals surface area (Å²) in [4.78, 5) is 35.0. The number of hydrogen-bond donors (Lipinski definition) is 1. The topological polar surface area (TPSA) is 96.8 Å². The number of benzene rings is 2. The zero-order valence-corrected chi connectivity index (χ0v) is 19.6. The third-order valence-electron chi connectivity index (χ3n) is 6.34. The molecule has 9 heteroatoms. The maximum atomic E-state index is 12.8. The molecule has 5 rings (SSSR count). The fourth-order valence-electron chi connectivity index (χ4n) is 4.49. The van der Waals surface area contributed by atoms with Crippen molar-refractivity contribution in [1.82, 2.24) is 29.9 Å². The maximum absolute atomic E-state index is 12.8. The molecular weight excluding hydrogens is 452 g/mol. The zero-order valence-electron chi connectivity index (χ0n) is 18.9. The number of likely N-dealkylation sites (tertiary alicyclic amines) is 1. The van der Waals surface area contributed by atoms with Gasteiger partial charge in [-0.1, -0.05) is 64.8 Å². The number of hydrogen-bond acceptors (Lipinski definition) is 5. The van der Waals surface area contributed by atoms with E-state index in [1.165, 1.54) is 0 Å². The van der Waals surface area contributed by atoms with Gasteiger partial charge in [0.1, 0.15) is 5.82 Å². The Kier molecular flexibility index (Phi) is 6.15. The molecule has 0 unspecified atom stereocenters. The van der Waals surface area contributed by atoms with Crippen LogP contribution in [0.25, 0.3) is 11.2 Å². The molecule has 0 saturated carbocycles. The predicted molar refractivity (Wildman–Crippen MR) is 130 cm³/mol. The number of rotatable bonds is 5. The van der Waals surface area contributed by atoms with Gasteiger partial charge in [-0.05, 0) is 37.0 Å². The minimum atomic E-state index is -0.285. The Hall–Kier alpha value is -3.52. The first-order valence-corrected chi connectivity index (χ1v) is 11.8. The third-order valence-corrected chi connectivity index (χ3v) is 6.71. The molecule has 1 amide bonds. The first-order chi connectivity index (χ1) is 16.5. The number of carbonyl (C=O) groups excluding carboxylic acids is 1. The Morgan fingerprint density at radius 3 is 2.71 bits per heavy atom. The van der Waals surface area contributed by atoms with Crippen molar-refractivity contribution in [3.8, 4) is 0 Å². The number of aryl methyl sites for hydroxylation is 1. The van der Waals surface area contributed by atoms with E-state index in [1.807, 2.05) is 48.2 Å². The smallest absolute Gasteiger partial charge is 0.281 e. The molecule has 0 atom stereocenters. The fraction of sp³-hybridized carbons (Fsp3) is 0.320. The quantitative estimate of drug-likeness (QED) is 0.475. The highest BCUT2D eigenvalue weighted by Gasteiger charge is 2.26. The van der Waals surface area contributed by atoms with Crippen molar-refractivity contribution < 1.29 is 4.79 Å². The second-order valence-electron chi connectivity index (χ2n) is 8.78. The summed E-state index contributed by atoms with van der Waals surface area (Å²) in [5.41, 5.74) is 3.50. The highest BCUT2D eigenvalue weighted by molar-refractivity contribution is 6.31. The van der Waals surface area contributed by atoms with E-state index in [1.54, 1.807) is 10.7 Å². The molecule has 34 heavy (non-hydrogen) atoms. The predicted octanol–water partition coefficient (Wildman–Crippen LogP) is 3.47. The van der Waals surface area contributed by atoms with E-state index in [2.05, 4.69) is 21.4 Å². The summed E-state index contributed by atoms with van der Waals surface area (Å²) in [6, 6.07) is 15.6. The Bertz CT molecular complexity index is 1400. The van der Waals surface area contributed by atoms with Crippen LogP contribution >= 0.6 is 11.6 Å². The van der Waals surface area contributed by atoms with E-state index in [4.69, 9.17) is 16.6 Å². The number of halogens is 1. The number of piperidine rings is 1. The second-order valence-corrected chi connectivity index (χ2v) is 9.19. The van der Waals surface area contributed by atoms with E-state index < -0.39 is 0 Å². The van der Waals surface area contributed by atoms with Crippen molar-refractivity contribution in [3.63, 3.8) is 0 Å². The Labute approximate surface area is 201 Å². The minimum absolute atomic E-state index is 0.0591. The van der Waals surface area contributed by atoms with Crippen LogP contribution in [0.4, 0.5) is 0 Å². The molecule has 4 aromatic rings. The lowest BCUT2D eigenvalue weighted by Crippen LogP contribution is -2.39. The highest BCUT2D eigenvalue weighted by Crippen LogP contribution is 2.26. The molecule has 2 aromatic carbocycles. The van der Waals surface area contributed by atoms with Gasteiger partial charge in [-0.2, -0.15) is 0 Å². The molecule has 0 spiro atoms. The van der Waals surface area contributed by atoms with Gasteiger partial charge >= 0.3 is 0 Å². The lowest BCUT2D eigenvalue weighted by atomic mass is 9.95. The number of fused-ring (bicyclic) bond motifs is 1. The van der Waals surface area contributed by atoms with Gasteiger partial charge in [0, 0.05) is 24.0 Å². The zero-order chi connectivity index (χ0) is 23.7. The number of nitrogens with zero attached hydrogens (tertiary/aromatic N) is 5. The van der Waals surface area contributed by atoms with Gasteiger partial charge in [-0.25, -0.2) is 9.67 Å². The van der Waals surface area contributed by atoms with Crippen molar-refractivity contribution >= 4 is 28.7 Å². The van der Waals surface area contributed by atoms with Crippen LogP contribution in [0.1, 0.15) is 41.3 Å². The Morgan fingerprint density at radius 2 is 1.94 bits per heavy atom. The van der Waals surface area contributed by atoms with E-state index in [0.717, 1.165) is 29.5 Å². The molecule has 3 heterocycles. The van der Waals surface area contributed by atoms with Crippen LogP contribution in [0.3, 0.4) is 0 Å². The average Bonchev–Trinajstić information content (AvgIpc) is 3.24. The summed E-state index contributed by atoms with van der Waals surface area (Å²) in [6.07, 6.45) is 1.74. The SMILES string of the molecule is Cc1cccc(Cn2nnc3c(=O)[nH]c(C4CCN(C(=O)Cc5ccccc5Cl)CC4)nc32)c1. The molecule has 0 bridgehead atoms. The van der Waals surface area contributed by atoms with Crippen LogP contribution in [0.5, 0.6) is 0 Å². The number of aromatic amines is 1. The highest BCUT2D eigenvalue weighted by atomic mass is 35.5. The standard InChI is InChI=1S/C25H25ClN6O2/c1-16-5-4-6-17(13-16)15-32-24-22(29-30-32)25(34)28-23(27-24)18-9-11-31(12-10-18)21(33)14-19-7-2-3-8-20(19)26/h2-8,13,18H,9-12,14-15H2,1H3,(H,27,28,34). The van der Waals surface area contributed by atoms with Crippen molar-refractivity contribution in [2.24, 2.45) is 0 Å². The fourth-order valence-corrected chi connectivity index (χ4v) is 4.69. The first kappa shape index (κ1) is 22.3. The van der Waals surface area contributed by atoms with Gasteiger partial charge in [0.15, 0.2) is 11.2 Å². The largest absolute Gasteiger partial charge is 0.342 e. The molecule has 1 N–H and O–H groups in total. The van der Waals surface area contributed by atoms with E-state index in [0.29, 0.717) is 36.1 Å². The maximum Gasteiger partial charge on any atom is 0.281 e. The normalized spacial score (nSPS) is 14.6. The Morgan fingerprint density at radius 1 is 1.15 bits per heavy atom. The molecule has 1 fully saturated rings. The van der Waals surface area contributed by atoms with Crippen LogP contribution in [0.15, 0.2) is 53.3 Å². The molecule has 174 valence electrons. The summed E-state index contributed by atoms with van der Waals surface area (Å²) < 4.78 is 1.67. The molecular formula is C25H25ClN6O2. The molecule has 0 radical (unpaired) electrons. The van der Waals surface area contributed by atoms with Crippen LogP contribution in [-0.4, -0.2) is 48.9 Å². The van der Waals surface area contributed by atoms with Crippen molar-refractivity contribution in [2.75, 3.05) is 13.1 Å². The van der Waals surface area contributed by atoms with Crippen molar-refractivity contribution in [1.29, 1.82) is 0 Å². The molecule has 1 saturated heterocycles. The number of amides is 1. The van der Waals surface area contributed by atoms with Crippen molar-refractivity contribution in [3.05, 3.63) is 86.4 Å². The number of carbonyl (C=O) groups is 1. The van der Waals surface area contributed by atoms with E-state index >= 15 is 0 Å². The van der Waals surface area contributed by atoms with E-state index in [-0.39, 0.29) is 29.3 Å². The number of nitrogens with one attached hydrogen (secondary N) is 1. The van der Waals surface area contributed by atoms with Gasteiger partial charge in [0.2, 0.25) is 5.91 Å². The summed E-state index contributed by atoms with van der Waals surface area (Å²) in [6.45, 7) is 3.74. The van der Waals surface area contributed by atoms with Crippen LogP contribution in [0.2, 0.25) is 5.02 Å². The molecule has 2 aromatic heterocycles. The van der Waals surface area contributed by atoms with Crippen LogP contribution in [0, 0.1) is 6.92 Å². The number of aromatic nitrogens is 5. The second kappa shape index (κ2) is 9.38. The lowest BCUT2D eigenvalue weighted by Gasteiger charge is -2.31. The van der Waals surface area contributed by atoms with Gasteiger partial charge in [-0.15, -0.1) is 5.10 Å². The van der Waals surface area contributed by atoms with E-state index in [9.17, 15) is 9.59 Å². The van der Waals surface area contributed by atoms with Crippen molar-refractivity contribution in [2.45, 2.75) is 38.6 Å². The van der Waals surface area contributed by atoms with Gasteiger partial charge < -0.3 is 9.88 Å².